The number of rotatable bonds is 2. The number of pyridine rings is 2. The van der Waals surface area contributed by atoms with Gasteiger partial charge < -0.3 is 4.90 Å². The second-order valence-corrected chi connectivity index (χ2v) is 5.01. The zero-order valence-electron chi connectivity index (χ0n) is 11.9. The maximum atomic E-state index is 12.3. The highest BCUT2D eigenvalue weighted by atomic mass is 16.2. The van der Waals surface area contributed by atoms with E-state index in [1.165, 1.54) is 0 Å². The molecule has 0 spiro atoms. The van der Waals surface area contributed by atoms with Crippen molar-refractivity contribution in [3.05, 3.63) is 60.4 Å². The lowest BCUT2D eigenvalue weighted by Crippen LogP contribution is -2.22. The smallest absolute Gasteiger partial charge is 0.255 e. The van der Waals surface area contributed by atoms with Gasteiger partial charge in [-0.3, -0.25) is 14.8 Å². The summed E-state index contributed by atoms with van der Waals surface area (Å²) in [5.41, 5.74) is 3.15. The van der Waals surface area contributed by atoms with Gasteiger partial charge in [-0.25, -0.2) is 0 Å². The summed E-state index contributed by atoms with van der Waals surface area (Å²) in [4.78, 5) is 22.5. The molecule has 0 fully saturated rings. The normalized spacial score (nSPS) is 10.6. The van der Waals surface area contributed by atoms with Crippen LogP contribution in [-0.2, 0) is 0 Å². The minimum atomic E-state index is -0.0515. The molecule has 0 saturated heterocycles. The highest BCUT2D eigenvalue weighted by Crippen LogP contribution is 2.25. The van der Waals surface area contributed by atoms with Crippen LogP contribution in [0.5, 0.6) is 0 Å². The summed E-state index contributed by atoms with van der Waals surface area (Å²) in [6, 6.07) is 13.4. The number of benzene rings is 1. The molecule has 0 unspecified atom stereocenters. The third-order valence-corrected chi connectivity index (χ3v) is 3.32. The first-order valence-corrected chi connectivity index (χ1v) is 6.68. The molecule has 0 radical (unpaired) electrons. The van der Waals surface area contributed by atoms with Crippen molar-refractivity contribution in [2.75, 3.05) is 14.1 Å². The zero-order valence-corrected chi connectivity index (χ0v) is 11.9. The Morgan fingerprint density at radius 3 is 2.57 bits per heavy atom. The molecule has 0 saturated carbocycles. The molecule has 2 aromatic heterocycles. The van der Waals surface area contributed by atoms with Crippen LogP contribution in [-0.4, -0.2) is 34.9 Å². The van der Waals surface area contributed by atoms with E-state index < -0.39 is 0 Å². The van der Waals surface area contributed by atoms with Gasteiger partial charge in [0.15, 0.2) is 0 Å². The van der Waals surface area contributed by atoms with E-state index in [1.54, 1.807) is 43.5 Å². The topological polar surface area (TPSA) is 46.1 Å². The van der Waals surface area contributed by atoms with E-state index in [4.69, 9.17) is 0 Å². The summed E-state index contributed by atoms with van der Waals surface area (Å²) in [5, 5.41) is 1.03. The molecule has 0 bridgehead atoms. The Labute approximate surface area is 123 Å². The van der Waals surface area contributed by atoms with Crippen molar-refractivity contribution in [3.63, 3.8) is 0 Å². The van der Waals surface area contributed by atoms with Gasteiger partial charge in [-0.1, -0.05) is 12.1 Å². The summed E-state index contributed by atoms with van der Waals surface area (Å²) < 4.78 is 0. The second-order valence-electron chi connectivity index (χ2n) is 5.01. The molecule has 104 valence electrons. The van der Waals surface area contributed by atoms with Gasteiger partial charge in [0.25, 0.3) is 5.91 Å². The molecule has 0 aliphatic rings. The van der Waals surface area contributed by atoms with E-state index in [0.29, 0.717) is 11.3 Å². The Kier molecular flexibility index (Phi) is 3.36. The van der Waals surface area contributed by atoms with Crippen LogP contribution in [0.25, 0.3) is 22.2 Å². The number of carbonyl (C=O) groups is 1. The van der Waals surface area contributed by atoms with Crippen LogP contribution in [0.4, 0.5) is 0 Å². The standard InChI is InChI=1S/C17H15N3O/c1-20(2)17(21)14-6-4-10-19-16(14)13-7-8-15-12(11-13)5-3-9-18-15/h3-11H,1-2H3. The van der Waals surface area contributed by atoms with E-state index in [1.807, 2.05) is 30.3 Å². The van der Waals surface area contributed by atoms with Crippen molar-refractivity contribution in [1.29, 1.82) is 0 Å². The van der Waals surface area contributed by atoms with Gasteiger partial charge in [0, 0.05) is 37.4 Å². The molecule has 2 heterocycles. The number of nitrogens with zero attached hydrogens (tertiary/aromatic N) is 3. The number of hydrogen-bond donors (Lipinski definition) is 0. The molecule has 0 atom stereocenters. The number of aromatic nitrogens is 2. The second kappa shape index (κ2) is 5.32. The Hall–Kier alpha value is -2.75. The molecule has 0 N–H and O–H groups in total. The average molecular weight is 277 g/mol. The fourth-order valence-electron chi connectivity index (χ4n) is 2.27. The predicted molar refractivity (Wildman–Crippen MR) is 83.0 cm³/mol. The van der Waals surface area contributed by atoms with Crippen LogP contribution >= 0.6 is 0 Å². The molecule has 0 aliphatic carbocycles. The first kappa shape index (κ1) is 13.2. The zero-order chi connectivity index (χ0) is 14.8. The van der Waals surface area contributed by atoms with E-state index >= 15 is 0 Å². The first-order chi connectivity index (χ1) is 10.2. The number of carbonyl (C=O) groups excluding carboxylic acids is 1. The van der Waals surface area contributed by atoms with Crippen molar-refractivity contribution in [1.82, 2.24) is 14.9 Å². The van der Waals surface area contributed by atoms with E-state index in [0.717, 1.165) is 16.5 Å². The fourth-order valence-corrected chi connectivity index (χ4v) is 2.27. The molecule has 21 heavy (non-hydrogen) atoms. The summed E-state index contributed by atoms with van der Waals surface area (Å²) in [7, 11) is 3.48. The summed E-state index contributed by atoms with van der Waals surface area (Å²) in [5.74, 6) is -0.0515. The Morgan fingerprint density at radius 1 is 1.00 bits per heavy atom. The lowest BCUT2D eigenvalue weighted by Gasteiger charge is -2.13. The average Bonchev–Trinajstić information content (AvgIpc) is 2.53. The summed E-state index contributed by atoms with van der Waals surface area (Å²) in [6.07, 6.45) is 3.47. The third-order valence-electron chi connectivity index (χ3n) is 3.32. The van der Waals surface area contributed by atoms with Crippen LogP contribution in [0.1, 0.15) is 10.4 Å². The largest absolute Gasteiger partial charge is 0.345 e. The monoisotopic (exact) mass is 277 g/mol. The van der Waals surface area contributed by atoms with Crippen molar-refractivity contribution in [3.8, 4) is 11.3 Å². The Balaban J connectivity index is 2.16. The first-order valence-electron chi connectivity index (χ1n) is 6.68. The number of fused-ring (bicyclic) bond motifs is 1. The Morgan fingerprint density at radius 2 is 1.76 bits per heavy atom. The minimum absolute atomic E-state index is 0.0515. The summed E-state index contributed by atoms with van der Waals surface area (Å²) >= 11 is 0. The maximum absolute atomic E-state index is 12.3. The van der Waals surface area contributed by atoms with Crippen LogP contribution in [0.3, 0.4) is 0 Å². The lowest BCUT2D eigenvalue weighted by molar-refractivity contribution is 0.0828. The van der Waals surface area contributed by atoms with E-state index in [9.17, 15) is 4.79 Å². The molecule has 0 aliphatic heterocycles. The van der Waals surface area contributed by atoms with Crippen molar-refractivity contribution < 1.29 is 4.79 Å². The number of amides is 1. The van der Waals surface area contributed by atoms with Crippen LogP contribution < -0.4 is 0 Å². The van der Waals surface area contributed by atoms with Crippen molar-refractivity contribution in [2.45, 2.75) is 0 Å². The quantitative estimate of drug-likeness (QED) is 0.723. The maximum Gasteiger partial charge on any atom is 0.255 e. The molecule has 4 nitrogen and oxygen atoms in total. The van der Waals surface area contributed by atoms with Crippen LogP contribution in [0.2, 0.25) is 0 Å². The van der Waals surface area contributed by atoms with Gasteiger partial charge >= 0.3 is 0 Å². The molecule has 3 aromatic rings. The molecule has 4 heteroatoms. The van der Waals surface area contributed by atoms with Gasteiger partial charge in [-0.05, 0) is 30.3 Å². The SMILES string of the molecule is CN(C)C(=O)c1cccnc1-c1ccc2ncccc2c1. The Bertz CT molecular complexity index is 812. The minimum Gasteiger partial charge on any atom is -0.345 e. The van der Waals surface area contributed by atoms with Crippen LogP contribution in [0.15, 0.2) is 54.9 Å². The molecule has 3 rings (SSSR count). The lowest BCUT2D eigenvalue weighted by atomic mass is 10.0. The van der Waals surface area contributed by atoms with Gasteiger partial charge in [-0.15, -0.1) is 0 Å². The van der Waals surface area contributed by atoms with Crippen molar-refractivity contribution in [2.24, 2.45) is 0 Å². The molecule has 1 amide bonds. The van der Waals surface area contributed by atoms with Gasteiger partial charge in [0.1, 0.15) is 0 Å². The molecular formula is C17H15N3O. The van der Waals surface area contributed by atoms with Crippen LogP contribution in [0, 0.1) is 0 Å². The molecule has 1 aromatic carbocycles. The highest BCUT2D eigenvalue weighted by molar-refractivity contribution is 6.00. The van der Waals surface area contributed by atoms with Crippen molar-refractivity contribution >= 4 is 16.8 Å². The van der Waals surface area contributed by atoms with Gasteiger partial charge in [-0.2, -0.15) is 0 Å². The molecular weight excluding hydrogens is 262 g/mol. The van der Waals surface area contributed by atoms with E-state index in [-0.39, 0.29) is 5.91 Å². The van der Waals surface area contributed by atoms with Gasteiger partial charge in [0.05, 0.1) is 16.8 Å². The van der Waals surface area contributed by atoms with Gasteiger partial charge in [0.2, 0.25) is 0 Å². The highest BCUT2D eigenvalue weighted by Gasteiger charge is 2.15. The number of hydrogen-bond acceptors (Lipinski definition) is 3. The van der Waals surface area contributed by atoms with E-state index in [2.05, 4.69) is 9.97 Å². The predicted octanol–water partition coefficient (Wildman–Crippen LogP) is 3.00. The third kappa shape index (κ3) is 2.48. The fraction of sp³-hybridized carbons (Fsp3) is 0.118. The summed E-state index contributed by atoms with van der Waals surface area (Å²) in [6.45, 7) is 0.